The third-order valence-corrected chi connectivity index (χ3v) is 15.9. The SMILES string of the molecule is COc1ccc(C(C(=O)Nc2cc[c]([Ge]([CH3])([CH3])[CH]3CC3)cc2)N(C)C(=O)c2cc(O)no2)cc1. The first kappa shape index (κ1) is 23.9. The van der Waals surface area contributed by atoms with E-state index < -0.39 is 31.1 Å². The van der Waals surface area contributed by atoms with Gasteiger partial charge in [0.15, 0.2) is 0 Å². The van der Waals surface area contributed by atoms with E-state index in [0.29, 0.717) is 17.0 Å². The van der Waals surface area contributed by atoms with Crippen LogP contribution in [0, 0.1) is 0 Å². The van der Waals surface area contributed by atoms with Gasteiger partial charge in [-0.1, -0.05) is 0 Å². The number of carbonyl (C=O) groups excluding carboxylic acids is 2. The fourth-order valence-corrected chi connectivity index (χ4v) is 10.7. The molecular formula is C25H29GeN3O5. The second-order valence-corrected chi connectivity index (χ2v) is 19.4. The number of anilines is 1. The molecule has 178 valence electrons. The standard InChI is InChI=1S/C25H29GeN3O5/c1-26(2,17-7-8-17)18-9-11-19(12-10-18)27-24(31)23(16-5-13-20(33-4)14-6-16)29(3)25(32)21-15-22(30)28-34-21/h5-6,9-15,17,23H,7-8H2,1-4H3,(H,27,31)(H,28,30). The van der Waals surface area contributed by atoms with Crippen LogP contribution in [-0.4, -0.2) is 54.4 Å². The Bertz CT molecular complexity index is 1170. The molecule has 0 spiro atoms. The minimum atomic E-state index is -2.03. The summed E-state index contributed by atoms with van der Waals surface area (Å²) in [6.07, 6.45) is 2.66. The summed E-state index contributed by atoms with van der Waals surface area (Å²) in [6.45, 7) is 0. The van der Waals surface area contributed by atoms with E-state index in [1.165, 1.54) is 29.2 Å². The molecule has 3 aromatic rings. The number of aromatic nitrogens is 1. The van der Waals surface area contributed by atoms with Crippen LogP contribution in [0.25, 0.3) is 0 Å². The number of amides is 2. The average molecular weight is 524 g/mol. The van der Waals surface area contributed by atoms with E-state index in [9.17, 15) is 14.7 Å². The van der Waals surface area contributed by atoms with Crippen LogP contribution >= 0.6 is 0 Å². The first-order chi connectivity index (χ1) is 16.2. The van der Waals surface area contributed by atoms with Gasteiger partial charge in [0.25, 0.3) is 0 Å². The number of nitrogens with one attached hydrogen (secondary N) is 1. The molecule has 8 nitrogen and oxygen atoms in total. The first-order valence-corrected chi connectivity index (χ1v) is 17.6. The van der Waals surface area contributed by atoms with Gasteiger partial charge in [-0.2, -0.15) is 0 Å². The van der Waals surface area contributed by atoms with Gasteiger partial charge in [0.05, 0.1) is 7.11 Å². The van der Waals surface area contributed by atoms with E-state index in [4.69, 9.17) is 9.26 Å². The van der Waals surface area contributed by atoms with Gasteiger partial charge in [0, 0.05) is 0 Å². The summed E-state index contributed by atoms with van der Waals surface area (Å²) in [7, 11) is 3.06. The Hall–Kier alpha value is -3.27. The van der Waals surface area contributed by atoms with Crippen LogP contribution < -0.4 is 14.4 Å². The zero-order valence-electron chi connectivity index (χ0n) is 19.7. The van der Waals surface area contributed by atoms with Crippen molar-refractivity contribution in [3.05, 3.63) is 65.9 Å². The van der Waals surface area contributed by atoms with E-state index in [2.05, 4.69) is 34.1 Å². The topological polar surface area (TPSA) is 105 Å². The molecule has 0 radical (unpaired) electrons. The summed E-state index contributed by atoms with van der Waals surface area (Å²) in [5.74, 6) is 3.99. The second-order valence-electron chi connectivity index (χ2n) is 9.20. The number of rotatable bonds is 8. The molecule has 1 saturated carbocycles. The zero-order chi connectivity index (χ0) is 24.5. The van der Waals surface area contributed by atoms with Crippen LogP contribution in [0.15, 0.2) is 59.1 Å². The monoisotopic (exact) mass is 525 g/mol. The molecule has 1 aromatic heterocycles. The van der Waals surface area contributed by atoms with Crippen molar-refractivity contribution in [2.24, 2.45) is 0 Å². The van der Waals surface area contributed by atoms with E-state index in [-0.39, 0.29) is 11.7 Å². The Kier molecular flexibility index (Phi) is 6.70. The Balaban J connectivity index is 1.58. The number of benzene rings is 2. The number of hydrogen-bond donors (Lipinski definition) is 2. The molecule has 2 amide bonds. The predicted octanol–water partition coefficient (Wildman–Crippen LogP) is 3.92. The molecule has 1 atom stereocenters. The van der Waals surface area contributed by atoms with Gasteiger partial charge < -0.3 is 5.11 Å². The molecule has 0 bridgehead atoms. The Labute approximate surface area is 201 Å². The summed E-state index contributed by atoms with van der Waals surface area (Å²) in [6, 6.07) is 15.2. The number of carbonyl (C=O) groups is 2. The normalized spacial score (nSPS) is 14.4. The van der Waals surface area contributed by atoms with Gasteiger partial charge in [-0.05, 0) is 0 Å². The Morgan fingerprint density at radius 2 is 1.79 bits per heavy atom. The fraction of sp³-hybridized carbons (Fsp3) is 0.320. The first-order valence-electron chi connectivity index (χ1n) is 11.2. The third-order valence-electron chi connectivity index (χ3n) is 6.59. The van der Waals surface area contributed by atoms with E-state index in [0.717, 1.165) is 10.8 Å². The number of nitrogens with zero attached hydrogens (tertiary/aromatic N) is 2. The third kappa shape index (κ3) is 4.96. The molecule has 4 rings (SSSR count). The van der Waals surface area contributed by atoms with E-state index in [1.54, 1.807) is 31.4 Å². The molecular weight excluding hydrogens is 495 g/mol. The molecule has 0 aliphatic heterocycles. The van der Waals surface area contributed by atoms with Crippen molar-refractivity contribution in [3.63, 3.8) is 0 Å². The molecule has 1 heterocycles. The molecule has 2 N–H and O–H groups in total. The quantitative estimate of drug-likeness (QED) is 0.433. The number of likely N-dealkylation sites (N-methyl/N-ethyl adjacent to an activating group) is 1. The molecule has 9 heteroatoms. The van der Waals surface area contributed by atoms with Crippen molar-refractivity contribution in [1.29, 1.82) is 0 Å². The van der Waals surface area contributed by atoms with Crippen molar-refractivity contribution >= 4 is 35.2 Å². The van der Waals surface area contributed by atoms with Crippen LogP contribution in [0.5, 0.6) is 11.6 Å². The van der Waals surface area contributed by atoms with Crippen LogP contribution in [0.3, 0.4) is 0 Å². The molecule has 34 heavy (non-hydrogen) atoms. The fourth-order valence-electron chi connectivity index (χ4n) is 4.23. The maximum atomic E-state index is 13.4. The van der Waals surface area contributed by atoms with Crippen molar-refractivity contribution < 1.29 is 24.0 Å². The number of ether oxygens (including phenoxy) is 1. The molecule has 1 fully saturated rings. The summed E-state index contributed by atoms with van der Waals surface area (Å²) >= 11 is -2.03. The van der Waals surface area contributed by atoms with Crippen LogP contribution in [0.4, 0.5) is 5.69 Å². The van der Waals surface area contributed by atoms with Gasteiger partial charge in [-0.3, -0.25) is 0 Å². The van der Waals surface area contributed by atoms with Crippen molar-refractivity contribution in [2.45, 2.75) is 35.1 Å². The Morgan fingerprint density at radius 1 is 1.15 bits per heavy atom. The van der Waals surface area contributed by atoms with Gasteiger partial charge in [-0.15, -0.1) is 0 Å². The molecule has 1 unspecified atom stereocenters. The van der Waals surface area contributed by atoms with Crippen molar-refractivity contribution in [3.8, 4) is 11.6 Å². The summed E-state index contributed by atoms with van der Waals surface area (Å²) < 4.78 is 12.4. The number of hydrogen-bond acceptors (Lipinski definition) is 6. The van der Waals surface area contributed by atoms with Crippen molar-refractivity contribution in [1.82, 2.24) is 10.1 Å². The van der Waals surface area contributed by atoms with Crippen LogP contribution in [0.1, 0.15) is 35.0 Å². The Morgan fingerprint density at radius 3 is 2.32 bits per heavy atom. The number of aromatic hydroxyl groups is 1. The molecule has 1 aliphatic carbocycles. The maximum absolute atomic E-state index is 13.4. The molecule has 0 saturated heterocycles. The van der Waals surface area contributed by atoms with E-state index in [1.807, 2.05) is 12.1 Å². The van der Waals surface area contributed by atoms with Gasteiger partial charge in [0.2, 0.25) is 0 Å². The van der Waals surface area contributed by atoms with Gasteiger partial charge in [-0.25, -0.2) is 0 Å². The number of methoxy groups -OCH3 is 1. The van der Waals surface area contributed by atoms with Crippen molar-refractivity contribution in [2.75, 3.05) is 19.5 Å². The van der Waals surface area contributed by atoms with E-state index >= 15 is 0 Å². The second kappa shape index (κ2) is 9.54. The average Bonchev–Trinajstić information content (AvgIpc) is 3.61. The minimum absolute atomic E-state index is 0.162. The molecule has 1 aliphatic rings. The zero-order valence-corrected chi connectivity index (χ0v) is 21.8. The predicted molar refractivity (Wildman–Crippen MR) is 131 cm³/mol. The van der Waals surface area contributed by atoms with Crippen LogP contribution in [0.2, 0.25) is 16.3 Å². The van der Waals surface area contributed by atoms with Gasteiger partial charge >= 0.3 is 189 Å². The van der Waals surface area contributed by atoms with Gasteiger partial charge in [0.1, 0.15) is 0 Å². The van der Waals surface area contributed by atoms with Crippen LogP contribution in [-0.2, 0) is 4.79 Å². The summed E-state index contributed by atoms with van der Waals surface area (Å²) in [5.41, 5.74) is 1.26. The summed E-state index contributed by atoms with van der Waals surface area (Å²) in [5, 5.41) is 15.8. The molecule has 2 aromatic carbocycles. The summed E-state index contributed by atoms with van der Waals surface area (Å²) in [4.78, 5) is 27.7.